The van der Waals surface area contributed by atoms with E-state index in [2.05, 4.69) is 0 Å². The van der Waals surface area contributed by atoms with E-state index in [-0.39, 0.29) is 44.0 Å². The van der Waals surface area contributed by atoms with Crippen molar-refractivity contribution in [1.82, 2.24) is 14.0 Å². The summed E-state index contributed by atoms with van der Waals surface area (Å²) in [7, 11) is 0. The summed E-state index contributed by atoms with van der Waals surface area (Å²) in [5.74, 6) is -0.998. The smallest absolute Gasteiger partial charge is 0.317 e. The van der Waals surface area contributed by atoms with E-state index < -0.39 is 11.1 Å². The molecule has 4 rings (SSSR count). The van der Waals surface area contributed by atoms with E-state index in [4.69, 9.17) is 16.3 Å². The molecule has 9 heteroatoms. The van der Waals surface area contributed by atoms with Crippen LogP contribution in [0.3, 0.4) is 0 Å². The number of piperidine rings is 1. The molecular formula is C25H26ClN3O5. The average Bonchev–Trinajstić information content (AvgIpc) is 2.85. The second kappa shape index (κ2) is 10.3. The van der Waals surface area contributed by atoms with Gasteiger partial charge in [0.15, 0.2) is 0 Å². The number of fused-ring (bicyclic) bond motifs is 1. The summed E-state index contributed by atoms with van der Waals surface area (Å²) in [6.07, 6.45) is 1.33. The first-order chi connectivity index (χ1) is 16.4. The maximum atomic E-state index is 13.1. The lowest BCUT2D eigenvalue weighted by Gasteiger charge is -2.31. The molecule has 0 bridgehead atoms. The summed E-state index contributed by atoms with van der Waals surface area (Å²) in [6.45, 7) is 2.71. The molecule has 1 aliphatic rings. The Morgan fingerprint density at radius 2 is 1.65 bits per heavy atom. The number of aromatic nitrogens is 2. The quantitative estimate of drug-likeness (QED) is 0.397. The van der Waals surface area contributed by atoms with Gasteiger partial charge in [-0.1, -0.05) is 35.9 Å². The molecule has 8 nitrogen and oxygen atoms in total. The molecule has 1 atom stereocenters. The fourth-order valence-electron chi connectivity index (χ4n) is 4.35. The number of carbonyl (C=O) groups is 2. The van der Waals surface area contributed by atoms with Crippen molar-refractivity contribution >= 4 is 34.5 Å². The van der Waals surface area contributed by atoms with Gasteiger partial charge in [0.1, 0.15) is 6.54 Å². The minimum absolute atomic E-state index is 0.202. The van der Waals surface area contributed by atoms with Crippen molar-refractivity contribution in [3.8, 4) is 0 Å². The van der Waals surface area contributed by atoms with E-state index in [0.29, 0.717) is 35.4 Å². The molecule has 0 N–H and O–H groups in total. The van der Waals surface area contributed by atoms with Gasteiger partial charge in [0.25, 0.3) is 0 Å². The second-order valence-electron chi connectivity index (χ2n) is 8.33. The van der Waals surface area contributed by atoms with E-state index in [9.17, 15) is 19.2 Å². The summed E-state index contributed by atoms with van der Waals surface area (Å²) in [5.41, 5.74) is 0.402. The molecule has 34 heavy (non-hydrogen) atoms. The van der Waals surface area contributed by atoms with Crippen molar-refractivity contribution in [2.24, 2.45) is 5.92 Å². The van der Waals surface area contributed by atoms with E-state index in [0.717, 1.165) is 5.56 Å². The molecule has 1 amide bonds. The summed E-state index contributed by atoms with van der Waals surface area (Å²) in [4.78, 5) is 53.0. The Balaban J connectivity index is 1.65. The van der Waals surface area contributed by atoms with E-state index in [1.165, 1.54) is 9.13 Å². The molecule has 1 fully saturated rings. The Hall–Kier alpha value is -3.39. The molecule has 3 aromatic rings. The molecule has 0 radical (unpaired) electrons. The highest BCUT2D eigenvalue weighted by Crippen LogP contribution is 2.19. The first-order valence-electron chi connectivity index (χ1n) is 11.3. The number of rotatable bonds is 6. The fraction of sp³-hybridized carbons (Fsp3) is 0.360. The number of hydrogen-bond donors (Lipinski definition) is 0. The summed E-state index contributed by atoms with van der Waals surface area (Å²) in [5, 5.41) is 0.581. The van der Waals surface area contributed by atoms with Crippen LogP contribution < -0.4 is 11.1 Å². The lowest BCUT2D eigenvalue weighted by atomic mass is 9.98. The largest absolute Gasteiger partial charge is 0.466 e. The minimum atomic E-state index is -0.764. The number of amides is 1. The zero-order chi connectivity index (χ0) is 24.2. The van der Waals surface area contributed by atoms with Crippen LogP contribution in [0.1, 0.15) is 25.3 Å². The summed E-state index contributed by atoms with van der Waals surface area (Å²) >= 11 is 5.96. The molecule has 178 valence electrons. The standard InChI is InChI=1S/C25H26ClN3O5/c1-2-34-25(33)18-6-5-13-27(15-18)22(30)16-29-21-8-4-3-7-20(21)28(23(31)24(29)32)14-17-9-11-19(26)12-10-17/h3-4,7-12,18H,2,5-6,13-16H2,1H3/t18-/m1/s1. The maximum Gasteiger partial charge on any atom is 0.317 e. The van der Waals surface area contributed by atoms with Crippen molar-refractivity contribution in [2.45, 2.75) is 32.9 Å². The minimum Gasteiger partial charge on any atom is -0.466 e. The van der Waals surface area contributed by atoms with Gasteiger partial charge in [-0.25, -0.2) is 0 Å². The van der Waals surface area contributed by atoms with Gasteiger partial charge in [0, 0.05) is 18.1 Å². The Morgan fingerprint density at radius 3 is 2.32 bits per heavy atom. The lowest BCUT2D eigenvalue weighted by molar-refractivity contribution is -0.151. The molecule has 2 heterocycles. The number of ether oxygens (including phenoxy) is 1. The topological polar surface area (TPSA) is 90.6 Å². The zero-order valence-electron chi connectivity index (χ0n) is 18.9. The van der Waals surface area contributed by atoms with E-state index in [1.54, 1.807) is 60.4 Å². The van der Waals surface area contributed by atoms with E-state index >= 15 is 0 Å². The lowest BCUT2D eigenvalue weighted by Crippen LogP contribution is -2.47. The Kier molecular flexibility index (Phi) is 7.17. The predicted molar refractivity (Wildman–Crippen MR) is 129 cm³/mol. The highest BCUT2D eigenvalue weighted by molar-refractivity contribution is 6.30. The maximum absolute atomic E-state index is 13.1. The van der Waals surface area contributed by atoms with Crippen LogP contribution in [-0.2, 0) is 27.4 Å². The Bertz CT molecular complexity index is 1330. The van der Waals surface area contributed by atoms with Crippen LogP contribution in [0, 0.1) is 5.92 Å². The van der Waals surface area contributed by atoms with Crippen molar-refractivity contribution in [2.75, 3.05) is 19.7 Å². The van der Waals surface area contributed by atoms with Crippen LogP contribution in [0.2, 0.25) is 5.02 Å². The molecule has 1 saturated heterocycles. The molecule has 1 aliphatic heterocycles. The third kappa shape index (κ3) is 4.92. The van der Waals surface area contributed by atoms with Gasteiger partial charge in [-0.15, -0.1) is 0 Å². The van der Waals surface area contributed by atoms with Crippen LogP contribution in [0.15, 0.2) is 58.1 Å². The molecular weight excluding hydrogens is 458 g/mol. The number of esters is 1. The molecule has 0 spiro atoms. The number of benzene rings is 2. The van der Waals surface area contributed by atoms with Crippen molar-refractivity contribution in [1.29, 1.82) is 0 Å². The number of likely N-dealkylation sites (tertiary alicyclic amines) is 1. The predicted octanol–water partition coefficient (Wildman–Crippen LogP) is 2.67. The number of hydrogen-bond acceptors (Lipinski definition) is 5. The van der Waals surface area contributed by atoms with Gasteiger partial charge in [-0.2, -0.15) is 0 Å². The van der Waals surface area contributed by atoms with Gasteiger partial charge >= 0.3 is 17.1 Å². The average molecular weight is 484 g/mol. The monoisotopic (exact) mass is 483 g/mol. The fourth-order valence-corrected chi connectivity index (χ4v) is 4.47. The van der Waals surface area contributed by atoms with Crippen LogP contribution in [0.5, 0.6) is 0 Å². The number of halogens is 1. The van der Waals surface area contributed by atoms with Gasteiger partial charge in [0.2, 0.25) is 5.91 Å². The second-order valence-corrected chi connectivity index (χ2v) is 8.77. The van der Waals surface area contributed by atoms with Crippen LogP contribution in [0.25, 0.3) is 11.0 Å². The molecule has 0 saturated carbocycles. The Labute approximate surface area is 201 Å². The van der Waals surface area contributed by atoms with Gasteiger partial charge in [0.05, 0.1) is 30.1 Å². The van der Waals surface area contributed by atoms with Gasteiger partial charge in [-0.3, -0.25) is 28.3 Å². The van der Waals surface area contributed by atoms with E-state index in [1.807, 2.05) is 0 Å². The molecule has 0 unspecified atom stereocenters. The van der Waals surface area contributed by atoms with Crippen molar-refractivity contribution < 1.29 is 14.3 Å². The third-order valence-corrected chi connectivity index (χ3v) is 6.33. The Morgan fingerprint density at radius 1 is 1.00 bits per heavy atom. The summed E-state index contributed by atoms with van der Waals surface area (Å²) < 4.78 is 7.75. The first kappa shape index (κ1) is 23.8. The van der Waals surface area contributed by atoms with Gasteiger partial charge < -0.3 is 9.64 Å². The molecule has 0 aliphatic carbocycles. The van der Waals surface area contributed by atoms with Crippen LogP contribution >= 0.6 is 11.6 Å². The van der Waals surface area contributed by atoms with Crippen molar-refractivity contribution in [3.05, 3.63) is 79.8 Å². The number of carbonyl (C=O) groups excluding carboxylic acids is 2. The van der Waals surface area contributed by atoms with Crippen LogP contribution in [0.4, 0.5) is 0 Å². The normalized spacial score (nSPS) is 15.9. The van der Waals surface area contributed by atoms with Crippen LogP contribution in [-0.4, -0.2) is 45.6 Å². The highest BCUT2D eigenvalue weighted by Gasteiger charge is 2.30. The highest BCUT2D eigenvalue weighted by atomic mass is 35.5. The third-order valence-electron chi connectivity index (χ3n) is 6.08. The summed E-state index contributed by atoms with van der Waals surface area (Å²) in [6, 6.07) is 14.1. The number of nitrogens with zero attached hydrogens (tertiary/aromatic N) is 3. The SMILES string of the molecule is CCOC(=O)[C@@H]1CCCN(C(=O)Cn2c(=O)c(=O)n(Cc3ccc(Cl)cc3)c3ccccc32)C1. The van der Waals surface area contributed by atoms with Crippen molar-refractivity contribution in [3.63, 3.8) is 0 Å². The van der Waals surface area contributed by atoms with Gasteiger partial charge in [-0.05, 0) is 49.6 Å². The molecule has 2 aromatic carbocycles. The zero-order valence-corrected chi connectivity index (χ0v) is 19.7. The number of para-hydroxylation sites is 2. The first-order valence-corrected chi connectivity index (χ1v) is 11.7. The molecule has 1 aromatic heterocycles.